The Labute approximate surface area is 95.0 Å². The van der Waals surface area contributed by atoms with Crippen molar-refractivity contribution in [3.63, 3.8) is 0 Å². The van der Waals surface area contributed by atoms with Crippen molar-refractivity contribution < 1.29 is 9.53 Å². The topological polar surface area (TPSA) is 51.2 Å². The smallest absolute Gasteiger partial charge is 0.356 e. The normalized spacial score (nSPS) is 19.7. The van der Waals surface area contributed by atoms with Crippen molar-refractivity contribution in [1.82, 2.24) is 10.3 Å². The first kappa shape index (κ1) is 11.1. The molecule has 1 unspecified atom stereocenters. The van der Waals surface area contributed by atoms with Crippen molar-refractivity contribution in [1.29, 1.82) is 0 Å². The summed E-state index contributed by atoms with van der Waals surface area (Å²) in [6.07, 6.45) is 2.25. The summed E-state index contributed by atoms with van der Waals surface area (Å²) in [6, 6.07) is 5.78. The highest BCUT2D eigenvalue weighted by atomic mass is 16.5. The molecule has 4 nitrogen and oxygen atoms in total. The average Bonchev–Trinajstić information content (AvgIpc) is 2.83. The molecule has 1 aromatic heterocycles. The number of hydrogen-bond donors (Lipinski definition) is 1. The maximum absolute atomic E-state index is 11.5. The number of nitrogens with one attached hydrogen (secondary N) is 1. The van der Waals surface area contributed by atoms with Crippen LogP contribution >= 0.6 is 0 Å². The predicted molar refractivity (Wildman–Crippen MR) is 60.2 cm³/mol. The lowest BCUT2D eigenvalue weighted by Crippen LogP contribution is -2.16. The predicted octanol–water partition coefficient (Wildman–Crippen LogP) is 1.68. The van der Waals surface area contributed by atoms with Gasteiger partial charge in [0.2, 0.25) is 0 Å². The van der Waals surface area contributed by atoms with Crippen molar-refractivity contribution in [2.24, 2.45) is 0 Å². The maximum Gasteiger partial charge on any atom is 0.356 e. The number of aromatic nitrogens is 1. The minimum absolute atomic E-state index is 0.286. The van der Waals surface area contributed by atoms with Gasteiger partial charge in [0, 0.05) is 6.04 Å². The summed E-state index contributed by atoms with van der Waals surface area (Å²) in [5, 5.41) is 3.36. The highest BCUT2D eigenvalue weighted by Gasteiger charge is 2.18. The van der Waals surface area contributed by atoms with Gasteiger partial charge in [-0.15, -0.1) is 0 Å². The molecule has 1 saturated heterocycles. The van der Waals surface area contributed by atoms with Gasteiger partial charge in [-0.1, -0.05) is 6.07 Å². The fourth-order valence-corrected chi connectivity index (χ4v) is 1.90. The quantitative estimate of drug-likeness (QED) is 0.787. The first-order valence-corrected chi connectivity index (χ1v) is 5.68. The Morgan fingerprint density at radius 1 is 1.62 bits per heavy atom. The van der Waals surface area contributed by atoms with Gasteiger partial charge < -0.3 is 10.1 Å². The van der Waals surface area contributed by atoms with Gasteiger partial charge in [0.15, 0.2) is 0 Å². The SMILES string of the molecule is CCOC(=O)c1cccc(C2CCCN2)n1. The van der Waals surface area contributed by atoms with Crippen LogP contribution in [0, 0.1) is 0 Å². The van der Waals surface area contributed by atoms with Crippen molar-refractivity contribution in [3.8, 4) is 0 Å². The number of rotatable bonds is 3. The van der Waals surface area contributed by atoms with E-state index in [1.54, 1.807) is 13.0 Å². The fourth-order valence-electron chi connectivity index (χ4n) is 1.90. The molecule has 0 radical (unpaired) electrons. The molecule has 1 N–H and O–H groups in total. The van der Waals surface area contributed by atoms with Crippen molar-refractivity contribution >= 4 is 5.97 Å². The Morgan fingerprint density at radius 3 is 3.19 bits per heavy atom. The summed E-state index contributed by atoms with van der Waals surface area (Å²) in [4.78, 5) is 15.8. The van der Waals surface area contributed by atoms with E-state index in [1.165, 1.54) is 0 Å². The van der Waals surface area contributed by atoms with Gasteiger partial charge in [0.1, 0.15) is 5.69 Å². The number of hydrogen-bond acceptors (Lipinski definition) is 4. The summed E-state index contributed by atoms with van der Waals surface area (Å²) in [5.41, 5.74) is 1.33. The first-order chi connectivity index (χ1) is 7.81. The zero-order valence-electron chi connectivity index (χ0n) is 9.40. The van der Waals surface area contributed by atoms with Crippen LogP contribution in [0.25, 0.3) is 0 Å². The minimum Gasteiger partial charge on any atom is -0.461 e. The Kier molecular flexibility index (Phi) is 3.51. The molecule has 2 rings (SSSR count). The Hall–Kier alpha value is -1.42. The Balaban J connectivity index is 2.15. The van der Waals surface area contributed by atoms with Gasteiger partial charge in [-0.2, -0.15) is 0 Å². The number of carbonyl (C=O) groups excluding carboxylic acids is 1. The van der Waals surface area contributed by atoms with Gasteiger partial charge in [0.05, 0.1) is 12.3 Å². The van der Waals surface area contributed by atoms with Crippen molar-refractivity contribution in [3.05, 3.63) is 29.6 Å². The molecule has 16 heavy (non-hydrogen) atoms. The van der Waals surface area contributed by atoms with E-state index in [0.717, 1.165) is 25.1 Å². The minimum atomic E-state index is -0.345. The summed E-state index contributed by atoms with van der Waals surface area (Å²) in [5.74, 6) is -0.345. The van der Waals surface area contributed by atoms with Crippen LogP contribution in [0.15, 0.2) is 18.2 Å². The van der Waals surface area contributed by atoms with E-state index in [-0.39, 0.29) is 12.0 Å². The first-order valence-electron chi connectivity index (χ1n) is 5.68. The second kappa shape index (κ2) is 5.07. The summed E-state index contributed by atoms with van der Waals surface area (Å²) in [6.45, 7) is 3.20. The molecule has 1 aliphatic rings. The summed E-state index contributed by atoms with van der Waals surface area (Å²) < 4.78 is 4.92. The molecule has 1 aliphatic heterocycles. The third kappa shape index (κ3) is 2.39. The van der Waals surface area contributed by atoms with Crippen LogP contribution in [0.3, 0.4) is 0 Å². The molecular weight excluding hydrogens is 204 g/mol. The molecule has 0 bridgehead atoms. The molecule has 1 fully saturated rings. The zero-order valence-corrected chi connectivity index (χ0v) is 9.40. The van der Waals surface area contributed by atoms with Gasteiger partial charge >= 0.3 is 5.97 Å². The molecule has 86 valence electrons. The maximum atomic E-state index is 11.5. The van der Waals surface area contributed by atoms with Crippen LogP contribution in [0.1, 0.15) is 42.0 Å². The van der Waals surface area contributed by atoms with Crippen LogP contribution in [0.2, 0.25) is 0 Å². The largest absolute Gasteiger partial charge is 0.461 e. The number of nitrogens with zero attached hydrogens (tertiary/aromatic N) is 1. The molecule has 0 aliphatic carbocycles. The van der Waals surface area contributed by atoms with E-state index in [9.17, 15) is 4.79 Å². The average molecular weight is 220 g/mol. The number of pyridine rings is 1. The lowest BCUT2D eigenvalue weighted by molar-refractivity contribution is 0.0519. The molecule has 0 amide bonds. The lowest BCUT2D eigenvalue weighted by atomic mass is 10.1. The van der Waals surface area contributed by atoms with Crippen molar-refractivity contribution in [2.45, 2.75) is 25.8 Å². The van der Waals surface area contributed by atoms with Crippen LogP contribution in [-0.2, 0) is 4.74 Å². The zero-order chi connectivity index (χ0) is 11.4. The second-order valence-corrected chi connectivity index (χ2v) is 3.82. The van der Waals surface area contributed by atoms with E-state index in [1.807, 2.05) is 12.1 Å². The lowest BCUT2D eigenvalue weighted by Gasteiger charge is -2.10. The highest BCUT2D eigenvalue weighted by molar-refractivity contribution is 5.87. The van der Waals surface area contributed by atoms with Crippen LogP contribution < -0.4 is 5.32 Å². The second-order valence-electron chi connectivity index (χ2n) is 3.82. The van der Waals surface area contributed by atoms with Gasteiger partial charge in [-0.3, -0.25) is 0 Å². The van der Waals surface area contributed by atoms with E-state index in [4.69, 9.17) is 4.74 Å². The molecule has 4 heteroatoms. The van der Waals surface area contributed by atoms with E-state index >= 15 is 0 Å². The molecule has 0 spiro atoms. The summed E-state index contributed by atoms with van der Waals surface area (Å²) in [7, 11) is 0. The standard InChI is InChI=1S/C12H16N2O2/c1-2-16-12(15)11-6-3-5-10(14-11)9-7-4-8-13-9/h3,5-6,9,13H,2,4,7-8H2,1H3. The fraction of sp³-hybridized carbons (Fsp3) is 0.500. The third-order valence-corrected chi connectivity index (χ3v) is 2.67. The molecule has 0 aromatic carbocycles. The molecule has 1 aromatic rings. The highest BCUT2D eigenvalue weighted by Crippen LogP contribution is 2.21. The Morgan fingerprint density at radius 2 is 2.50 bits per heavy atom. The number of carbonyl (C=O) groups is 1. The molecular formula is C12H16N2O2. The van der Waals surface area contributed by atoms with Crippen LogP contribution in [0.4, 0.5) is 0 Å². The van der Waals surface area contributed by atoms with E-state index in [0.29, 0.717) is 12.3 Å². The van der Waals surface area contributed by atoms with Crippen LogP contribution in [0.5, 0.6) is 0 Å². The molecule has 1 atom stereocenters. The van der Waals surface area contributed by atoms with Crippen LogP contribution in [-0.4, -0.2) is 24.1 Å². The summed E-state index contributed by atoms with van der Waals surface area (Å²) >= 11 is 0. The number of esters is 1. The third-order valence-electron chi connectivity index (χ3n) is 2.67. The van der Waals surface area contributed by atoms with Crippen molar-refractivity contribution in [2.75, 3.05) is 13.2 Å². The van der Waals surface area contributed by atoms with Gasteiger partial charge in [-0.05, 0) is 38.4 Å². The van der Waals surface area contributed by atoms with E-state index in [2.05, 4.69) is 10.3 Å². The molecule has 0 saturated carbocycles. The van der Waals surface area contributed by atoms with E-state index < -0.39 is 0 Å². The number of ether oxygens (including phenoxy) is 1. The van der Waals surface area contributed by atoms with Gasteiger partial charge in [-0.25, -0.2) is 9.78 Å². The van der Waals surface area contributed by atoms with Gasteiger partial charge in [0.25, 0.3) is 0 Å². The molecule has 2 heterocycles. The monoisotopic (exact) mass is 220 g/mol. The Bertz CT molecular complexity index is 373.